The predicted octanol–water partition coefficient (Wildman–Crippen LogP) is 1.72. The van der Waals surface area contributed by atoms with E-state index in [-0.39, 0.29) is 6.61 Å². The molecule has 1 aliphatic rings. The maximum Gasteiger partial charge on any atom is 0.150 e. The third kappa shape index (κ3) is 2.83. The Balaban J connectivity index is 1.96. The molecule has 4 heteroatoms. The van der Waals surface area contributed by atoms with Gasteiger partial charge in [0.15, 0.2) is 5.76 Å². The summed E-state index contributed by atoms with van der Waals surface area (Å²) in [6.45, 7) is 3.64. The lowest BCUT2D eigenvalue weighted by molar-refractivity contribution is 0.132. The summed E-state index contributed by atoms with van der Waals surface area (Å²) in [6, 6.07) is 2.58. The highest BCUT2D eigenvalue weighted by atomic mass is 16.5. The first-order valence-electron chi connectivity index (χ1n) is 6.06. The molecule has 4 nitrogen and oxygen atoms in total. The first-order valence-corrected chi connectivity index (χ1v) is 6.06. The first-order chi connectivity index (χ1) is 7.79. The maximum absolute atomic E-state index is 9.09. The van der Waals surface area contributed by atoms with Crippen LogP contribution < -0.4 is 0 Å². The zero-order chi connectivity index (χ0) is 11.4. The van der Waals surface area contributed by atoms with Gasteiger partial charge in [0.1, 0.15) is 0 Å². The fraction of sp³-hybridized carbons (Fsp3) is 0.750. The molecule has 1 aromatic rings. The third-order valence-corrected chi connectivity index (χ3v) is 3.26. The van der Waals surface area contributed by atoms with Crippen LogP contribution in [0.2, 0.25) is 0 Å². The van der Waals surface area contributed by atoms with E-state index in [0.29, 0.717) is 6.04 Å². The lowest BCUT2D eigenvalue weighted by Crippen LogP contribution is -2.34. The second-order valence-corrected chi connectivity index (χ2v) is 4.57. The minimum absolute atomic E-state index is 0.212. The van der Waals surface area contributed by atoms with Gasteiger partial charge in [-0.25, -0.2) is 0 Å². The number of aliphatic hydroxyl groups excluding tert-OH is 1. The van der Waals surface area contributed by atoms with Crippen LogP contribution in [0, 0.1) is 6.92 Å². The van der Waals surface area contributed by atoms with Gasteiger partial charge in [0, 0.05) is 18.7 Å². The summed E-state index contributed by atoms with van der Waals surface area (Å²) in [5, 5.41) is 13.0. The number of hydrogen-bond acceptors (Lipinski definition) is 4. The fourth-order valence-electron chi connectivity index (χ4n) is 2.48. The molecule has 0 saturated heterocycles. The van der Waals surface area contributed by atoms with E-state index >= 15 is 0 Å². The Bertz CT molecular complexity index is 319. The van der Waals surface area contributed by atoms with Crippen LogP contribution >= 0.6 is 0 Å². The van der Waals surface area contributed by atoms with Crippen LogP contribution in [0.25, 0.3) is 0 Å². The van der Waals surface area contributed by atoms with Gasteiger partial charge in [-0.3, -0.25) is 4.90 Å². The Labute approximate surface area is 96.2 Å². The van der Waals surface area contributed by atoms with E-state index in [4.69, 9.17) is 9.63 Å². The summed E-state index contributed by atoms with van der Waals surface area (Å²) in [4.78, 5) is 2.31. The molecule has 0 aromatic carbocycles. The summed E-state index contributed by atoms with van der Waals surface area (Å²) in [5.41, 5.74) is 0.922. The summed E-state index contributed by atoms with van der Waals surface area (Å²) in [6.07, 6.45) is 5.10. The monoisotopic (exact) mass is 224 g/mol. The zero-order valence-corrected chi connectivity index (χ0v) is 9.85. The lowest BCUT2D eigenvalue weighted by Gasteiger charge is -2.26. The molecule has 1 fully saturated rings. The molecule has 0 atom stereocenters. The van der Waals surface area contributed by atoms with Crippen molar-refractivity contribution in [3.05, 3.63) is 17.5 Å². The molecule has 0 unspecified atom stereocenters. The highest BCUT2D eigenvalue weighted by Gasteiger charge is 2.23. The molecule has 1 saturated carbocycles. The highest BCUT2D eigenvalue weighted by molar-refractivity contribution is 5.03. The minimum atomic E-state index is 0.212. The van der Waals surface area contributed by atoms with Crippen LogP contribution in [0.4, 0.5) is 0 Å². The smallest absolute Gasteiger partial charge is 0.150 e. The van der Waals surface area contributed by atoms with Crippen LogP contribution in [0.3, 0.4) is 0 Å². The highest BCUT2D eigenvalue weighted by Crippen LogP contribution is 2.24. The average Bonchev–Trinajstić information content (AvgIpc) is 2.88. The molecule has 0 aliphatic heterocycles. The van der Waals surface area contributed by atoms with Crippen molar-refractivity contribution in [3.8, 4) is 0 Å². The van der Waals surface area contributed by atoms with Gasteiger partial charge in [-0.05, 0) is 19.8 Å². The summed E-state index contributed by atoms with van der Waals surface area (Å²) in [5.74, 6) is 0.901. The van der Waals surface area contributed by atoms with E-state index in [2.05, 4.69) is 10.1 Å². The molecule has 0 spiro atoms. The molecule has 0 bridgehead atoms. The van der Waals surface area contributed by atoms with E-state index in [1.54, 1.807) is 0 Å². The van der Waals surface area contributed by atoms with Crippen molar-refractivity contribution in [3.63, 3.8) is 0 Å². The molecular formula is C12H20N2O2. The summed E-state index contributed by atoms with van der Waals surface area (Å²) >= 11 is 0. The Morgan fingerprint density at radius 1 is 1.50 bits per heavy atom. The van der Waals surface area contributed by atoms with E-state index in [9.17, 15) is 0 Å². The number of nitrogens with zero attached hydrogens (tertiary/aromatic N) is 2. The molecule has 1 aliphatic carbocycles. The Morgan fingerprint density at radius 3 is 2.81 bits per heavy atom. The Morgan fingerprint density at radius 2 is 2.25 bits per heavy atom. The number of aryl methyl sites for hydroxylation is 1. The molecule has 16 heavy (non-hydrogen) atoms. The summed E-state index contributed by atoms with van der Waals surface area (Å²) < 4.78 is 5.23. The van der Waals surface area contributed by atoms with Crippen molar-refractivity contribution in [1.82, 2.24) is 10.1 Å². The van der Waals surface area contributed by atoms with Gasteiger partial charge in [-0.2, -0.15) is 0 Å². The number of aliphatic hydroxyl groups is 1. The van der Waals surface area contributed by atoms with Gasteiger partial charge in [-0.15, -0.1) is 0 Å². The van der Waals surface area contributed by atoms with Crippen molar-refractivity contribution in [2.24, 2.45) is 0 Å². The molecule has 1 heterocycles. The van der Waals surface area contributed by atoms with E-state index in [1.165, 1.54) is 25.7 Å². The van der Waals surface area contributed by atoms with Gasteiger partial charge in [-0.1, -0.05) is 18.0 Å². The topological polar surface area (TPSA) is 49.5 Å². The Kier molecular flexibility index (Phi) is 3.96. The zero-order valence-electron chi connectivity index (χ0n) is 9.85. The van der Waals surface area contributed by atoms with Gasteiger partial charge < -0.3 is 9.63 Å². The van der Waals surface area contributed by atoms with Crippen molar-refractivity contribution in [2.75, 3.05) is 13.2 Å². The number of hydrogen-bond donors (Lipinski definition) is 1. The Hall–Kier alpha value is -0.870. The van der Waals surface area contributed by atoms with Crippen molar-refractivity contribution < 1.29 is 9.63 Å². The largest absolute Gasteiger partial charge is 0.395 e. The van der Waals surface area contributed by atoms with Crippen LogP contribution in [-0.2, 0) is 6.54 Å². The maximum atomic E-state index is 9.09. The molecule has 2 rings (SSSR count). The third-order valence-electron chi connectivity index (χ3n) is 3.26. The molecule has 0 amide bonds. The van der Waals surface area contributed by atoms with Crippen molar-refractivity contribution in [2.45, 2.75) is 45.2 Å². The molecular weight excluding hydrogens is 204 g/mol. The van der Waals surface area contributed by atoms with E-state index in [1.807, 2.05) is 13.0 Å². The number of aromatic nitrogens is 1. The average molecular weight is 224 g/mol. The second kappa shape index (κ2) is 5.46. The lowest BCUT2D eigenvalue weighted by atomic mass is 10.2. The van der Waals surface area contributed by atoms with Crippen molar-refractivity contribution in [1.29, 1.82) is 0 Å². The molecule has 90 valence electrons. The SMILES string of the molecule is Cc1cc(CN(CCO)C2CCCC2)on1. The van der Waals surface area contributed by atoms with Gasteiger partial charge in [0.2, 0.25) is 0 Å². The van der Waals surface area contributed by atoms with Crippen LogP contribution in [0.1, 0.15) is 37.1 Å². The fourth-order valence-corrected chi connectivity index (χ4v) is 2.48. The predicted molar refractivity (Wildman–Crippen MR) is 61.0 cm³/mol. The van der Waals surface area contributed by atoms with E-state index < -0.39 is 0 Å². The second-order valence-electron chi connectivity index (χ2n) is 4.57. The van der Waals surface area contributed by atoms with Crippen LogP contribution in [0.5, 0.6) is 0 Å². The van der Waals surface area contributed by atoms with Crippen LogP contribution in [-0.4, -0.2) is 34.4 Å². The van der Waals surface area contributed by atoms with Gasteiger partial charge in [0.05, 0.1) is 18.8 Å². The summed E-state index contributed by atoms with van der Waals surface area (Å²) in [7, 11) is 0. The standard InChI is InChI=1S/C12H20N2O2/c1-10-8-12(16-13-10)9-14(6-7-15)11-4-2-3-5-11/h8,11,15H,2-7,9H2,1H3. The normalized spacial score (nSPS) is 17.4. The number of rotatable bonds is 5. The minimum Gasteiger partial charge on any atom is -0.395 e. The van der Waals surface area contributed by atoms with Gasteiger partial charge in [0.25, 0.3) is 0 Å². The van der Waals surface area contributed by atoms with Crippen LogP contribution in [0.15, 0.2) is 10.6 Å². The molecule has 0 radical (unpaired) electrons. The molecule has 1 aromatic heterocycles. The molecule has 1 N–H and O–H groups in total. The van der Waals surface area contributed by atoms with E-state index in [0.717, 1.165) is 24.5 Å². The first kappa shape index (κ1) is 11.6. The quantitative estimate of drug-likeness (QED) is 0.827. The van der Waals surface area contributed by atoms with Crippen molar-refractivity contribution >= 4 is 0 Å². The van der Waals surface area contributed by atoms with Gasteiger partial charge >= 0.3 is 0 Å².